The molecule has 0 aliphatic heterocycles. The fraction of sp³-hybridized carbons (Fsp3) is 0.611. The fourth-order valence-corrected chi connectivity index (χ4v) is 4.00. The molecule has 1 aromatic carbocycles. The van der Waals surface area contributed by atoms with E-state index in [9.17, 15) is 13.2 Å². The first kappa shape index (κ1) is 20.6. The Hall–Kier alpha value is -1.40. The van der Waals surface area contributed by atoms with E-state index >= 15 is 0 Å². The van der Waals surface area contributed by atoms with Crippen molar-refractivity contribution in [3.63, 3.8) is 0 Å². The van der Waals surface area contributed by atoms with E-state index < -0.39 is 21.2 Å². The Bertz CT molecular complexity index is 629. The number of unbranched alkanes of at least 4 members (excludes halogenated alkanes) is 1. The van der Waals surface area contributed by atoms with Gasteiger partial charge in [-0.3, -0.25) is 4.79 Å². The fourth-order valence-electron chi connectivity index (χ4n) is 2.45. The van der Waals surface area contributed by atoms with Crippen molar-refractivity contribution in [3.05, 3.63) is 35.4 Å². The third-order valence-electron chi connectivity index (χ3n) is 4.16. The first-order chi connectivity index (χ1) is 11.4. The number of nitrogens with one attached hydrogen (secondary N) is 1. The number of carbonyl (C=O) groups is 1. The Morgan fingerprint density at radius 3 is 2.46 bits per heavy atom. The zero-order chi connectivity index (χ0) is 18.2. The van der Waals surface area contributed by atoms with Crippen molar-refractivity contribution in [1.82, 2.24) is 9.62 Å². The van der Waals surface area contributed by atoms with Gasteiger partial charge in [0.25, 0.3) is 0 Å². The SMILES string of the molecule is CCCCN(CC)S(=O)(=O)C(C)C(=O)NCc1cccc(CC)c1. The summed E-state index contributed by atoms with van der Waals surface area (Å²) in [6.07, 6.45) is 2.64. The number of rotatable bonds is 10. The van der Waals surface area contributed by atoms with Crippen LogP contribution in [0, 0.1) is 0 Å². The molecule has 0 radical (unpaired) electrons. The van der Waals surface area contributed by atoms with Crippen LogP contribution in [0.3, 0.4) is 0 Å². The topological polar surface area (TPSA) is 66.5 Å². The first-order valence-corrected chi connectivity index (χ1v) is 10.2. The molecule has 136 valence electrons. The van der Waals surface area contributed by atoms with Gasteiger partial charge in [0.15, 0.2) is 5.25 Å². The highest BCUT2D eigenvalue weighted by atomic mass is 32.2. The molecule has 0 bridgehead atoms. The van der Waals surface area contributed by atoms with Gasteiger partial charge in [-0.25, -0.2) is 12.7 Å². The number of sulfonamides is 1. The molecule has 1 aromatic rings. The van der Waals surface area contributed by atoms with Crippen molar-refractivity contribution >= 4 is 15.9 Å². The Kier molecular flexibility index (Phi) is 8.42. The monoisotopic (exact) mass is 354 g/mol. The van der Waals surface area contributed by atoms with E-state index in [1.165, 1.54) is 16.8 Å². The average molecular weight is 355 g/mol. The number of carbonyl (C=O) groups excluding carboxylic acids is 1. The van der Waals surface area contributed by atoms with E-state index in [0.29, 0.717) is 19.6 Å². The summed E-state index contributed by atoms with van der Waals surface area (Å²) in [5.74, 6) is -0.452. The van der Waals surface area contributed by atoms with Crippen LogP contribution >= 0.6 is 0 Å². The summed E-state index contributed by atoms with van der Waals surface area (Å²) in [6.45, 7) is 8.54. The highest BCUT2D eigenvalue weighted by molar-refractivity contribution is 7.90. The van der Waals surface area contributed by atoms with Crippen LogP contribution in [0.4, 0.5) is 0 Å². The molecule has 24 heavy (non-hydrogen) atoms. The number of hydrogen-bond acceptors (Lipinski definition) is 3. The molecular weight excluding hydrogens is 324 g/mol. The van der Waals surface area contributed by atoms with Crippen LogP contribution in [-0.4, -0.2) is 37.0 Å². The second-order valence-corrected chi connectivity index (χ2v) is 8.18. The molecule has 0 aliphatic carbocycles. The zero-order valence-electron chi connectivity index (χ0n) is 15.2. The lowest BCUT2D eigenvalue weighted by Gasteiger charge is -2.24. The quantitative estimate of drug-likeness (QED) is 0.702. The van der Waals surface area contributed by atoms with Crippen LogP contribution in [0.2, 0.25) is 0 Å². The molecule has 1 rings (SSSR count). The van der Waals surface area contributed by atoms with Gasteiger partial charge >= 0.3 is 0 Å². The van der Waals surface area contributed by atoms with Gasteiger partial charge in [0, 0.05) is 19.6 Å². The highest BCUT2D eigenvalue weighted by Gasteiger charge is 2.32. The Morgan fingerprint density at radius 1 is 1.21 bits per heavy atom. The lowest BCUT2D eigenvalue weighted by Crippen LogP contribution is -2.45. The van der Waals surface area contributed by atoms with Gasteiger partial charge in [0.2, 0.25) is 15.9 Å². The van der Waals surface area contributed by atoms with Gasteiger partial charge in [-0.15, -0.1) is 0 Å². The van der Waals surface area contributed by atoms with Crippen molar-refractivity contribution in [2.24, 2.45) is 0 Å². The lowest BCUT2D eigenvalue weighted by atomic mass is 10.1. The molecule has 5 nitrogen and oxygen atoms in total. The number of amides is 1. The van der Waals surface area contributed by atoms with Crippen molar-refractivity contribution in [2.45, 2.75) is 58.8 Å². The van der Waals surface area contributed by atoms with Gasteiger partial charge in [0.1, 0.15) is 0 Å². The van der Waals surface area contributed by atoms with Gasteiger partial charge < -0.3 is 5.32 Å². The summed E-state index contributed by atoms with van der Waals surface area (Å²) in [5.41, 5.74) is 2.17. The van der Waals surface area contributed by atoms with Crippen LogP contribution in [0.25, 0.3) is 0 Å². The summed E-state index contributed by atoms with van der Waals surface area (Å²) < 4.78 is 26.6. The molecule has 0 saturated carbocycles. The summed E-state index contributed by atoms with van der Waals surface area (Å²) in [5, 5.41) is 1.67. The molecule has 0 heterocycles. The smallest absolute Gasteiger partial charge is 0.239 e. The van der Waals surface area contributed by atoms with Gasteiger partial charge in [-0.05, 0) is 30.9 Å². The summed E-state index contributed by atoms with van der Waals surface area (Å²) in [4.78, 5) is 12.3. The van der Waals surface area contributed by atoms with Crippen LogP contribution in [0.1, 0.15) is 51.7 Å². The maximum absolute atomic E-state index is 12.6. The first-order valence-electron chi connectivity index (χ1n) is 8.71. The average Bonchev–Trinajstić information content (AvgIpc) is 2.59. The molecular formula is C18H30N2O3S. The van der Waals surface area contributed by atoms with Crippen molar-refractivity contribution < 1.29 is 13.2 Å². The predicted octanol–water partition coefficient (Wildman–Crippen LogP) is 2.71. The van der Waals surface area contributed by atoms with E-state index in [1.54, 1.807) is 6.92 Å². The molecule has 0 saturated heterocycles. The number of nitrogens with zero attached hydrogens (tertiary/aromatic N) is 1. The molecule has 0 fully saturated rings. The lowest BCUT2D eigenvalue weighted by molar-refractivity contribution is -0.120. The Balaban J connectivity index is 2.71. The second-order valence-electron chi connectivity index (χ2n) is 5.92. The van der Waals surface area contributed by atoms with E-state index in [2.05, 4.69) is 12.2 Å². The summed E-state index contributed by atoms with van der Waals surface area (Å²) >= 11 is 0. The molecule has 0 spiro atoms. The second kappa shape index (κ2) is 9.79. The molecule has 0 aromatic heterocycles. The molecule has 1 N–H and O–H groups in total. The molecule has 1 unspecified atom stereocenters. The van der Waals surface area contributed by atoms with Crippen molar-refractivity contribution in [1.29, 1.82) is 0 Å². The van der Waals surface area contributed by atoms with Gasteiger partial charge in [-0.1, -0.05) is 51.5 Å². The maximum atomic E-state index is 12.6. The van der Waals surface area contributed by atoms with E-state index in [4.69, 9.17) is 0 Å². The van der Waals surface area contributed by atoms with Crippen molar-refractivity contribution in [2.75, 3.05) is 13.1 Å². The van der Waals surface area contributed by atoms with E-state index in [-0.39, 0.29) is 0 Å². The van der Waals surface area contributed by atoms with Crippen LogP contribution in [0.15, 0.2) is 24.3 Å². The third-order valence-corrected chi connectivity index (χ3v) is 6.42. The van der Waals surface area contributed by atoms with Gasteiger partial charge in [0.05, 0.1) is 0 Å². The highest BCUT2D eigenvalue weighted by Crippen LogP contribution is 2.11. The standard InChI is InChI=1S/C18H30N2O3S/c1-5-8-12-20(7-3)24(22,23)15(4)18(21)19-14-17-11-9-10-16(6-2)13-17/h9-11,13,15H,5-8,12,14H2,1-4H3,(H,19,21). The molecule has 1 amide bonds. The summed E-state index contributed by atoms with van der Waals surface area (Å²) in [6, 6.07) is 7.94. The Morgan fingerprint density at radius 2 is 1.88 bits per heavy atom. The van der Waals surface area contributed by atoms with Crippen LogP contribution < -0.4 is 5.32 Å². The van der Waals surface area contributed by atoms with E-state index in [1.807, 2.05) is 31.2 Å². The summed E-state index contributed by atoms with van der Waals surface area (Å²) in [7, 11) is -3.62. The molecule has 1 atom stereocenters. The predicted molar refractivity (Wildman–Crippen MR) is 98.2 cm³/mol. The largest absolute Gasteiger partial charge is 0.351 e. The zero-order valence-corrected chi connectivity index (χ0v) is 16.0. The normalized spacial score (nSPS) is 13.0. The van der Waals surface area contributed by atoms with Gasteiger partial charge in [-0.2, -0.15) is 0 Å². The minimum Gasteiger partial charge on any atom is -0.351 e. The minimum atomic E-state index is -3.62. The number of benzene rings is 1. The van der Waals surface area contributed by atoms with Crippen LogP contribution in [-0.2, 0) is 27.8 Å². The number of hydrogen-bond donors (Lipinski definition) is 1. The third kappa shape index (κ3) is 5.60. The minimum absolute atomic E-state index is 0.341. The maximum Gasteiger partial charge on any atom is 0.239 e. The number of aryl methyl sites for hydroxylation is 1. The molecule has 0 aliphatic rings. The van der Waals surface area contributed by atoms with Crippen LogP contribution in [0.5, 0.6) is 0 Å². The van der Waals surface area contributed by atoms with Crippen molar-refractivity contribution in [3.8, 4) is 0 Å². The molecule has 6 heteroatoms. The Labute approximate surface area is 146 Å². The van der Waals surface area contributed by atoms with E-state index in [0.717, 1.165) is 24.8 Å².